The summed E-state index contributed by atoms with van der Waals surface area (Å²) < 4.78 is 27.1. The van der Waals surface area contributed by atoms with E-state index in [4.69, 9.17) is 10.2 Å². The lowest BCUT2D eigenvalue weighted by Gasteiger charge is -2.09. The highest BCUT2D eigenvalue weighted by atomic mass is 32.2. The van der Waals surface area contributed by atoms with Gasteiger partial charge in [-0.3, -0.25) is 4.98 Å². The number of rotatable bonds is 7. The molecular formula is C19H19N3O6S2. The minimum atomic E-state index is -3.66. The van der Waals surface area contributed by atoms with Crippen molar-refractivity contribution in [1.82, 2.24) is 14.3 Å². The maximum Gasteiger partial charge on any atom is 0.328 e. The highest BCUT2D eigenvalue weighted by molar-refractivity contribution is 7.90. The molecule has 3 aromatic rings. The predicted molar refractivity (Wildman–Crippen MR) is 112 cm³/mol. The van der Waals surface area contributed by atoms with Gasteiger partial charge in [-0.1, -0.05) is 6.07 Å². The van der Waals surface area contributed by atoms with Crippen molar-refractivity contribution >= 4 is 33.3 Å². The molecule has 0 amide bonds. The van der Waals surface area contributed by atoms with Gasteiger partial charge in [-0.25, -0.2) is 22.0 Å². The quantitative estimate of drug-likeness (QED) is 0.467. The molecule has 0 saturated heterocycles. The Bertz CT molecular complexity index is 1100. The summed E-state index contributed by atoms with van der Waals surface area (Å²) in [5, 5.41) is 20.6. The second-order valence-corrected chi connectivity index (χ2v) is 8.50. The van der Waals surface area contributed by atoms with Crippen LogP contribution in [0.2, 0.25) is 0 Å². The second-order valence-electron chi connectivity index (χ2n) is 5.74. The van der Waals surface area contributed by atoms with Crippen molar-refractivity contribution in [3.63, 3.8) is 0 Å². The molecule has 0 aromatic carbocycles. The lowest BCUT2D eigenvalue weighted by atomic mass is 10.3. The van der Waals surface area contributed by atoms with Crippen LogP contribution in [0.25, 0.3) is 10.6 Å². The fraction of sp³-hybridized carbons (Fsp3) is 0.105. The molecule has 0 unspecified atom stereocenters. The van der Waals surface area contributed by atoms with Gasteiger partial charge in [-0.05, 0) is 42.3 Å². The van der Waals surface area contributed by atoms with Crippen molar-refractivity contribution in [1.29, 1.82) is 0 Å². The Morgan fingerprint density at radius 2 is 1.90 bits per heavy atom. The van der Waals surface area contributed by atoms with E-state index in [2.05, 4.69) is 10.3 Å². The molecule has 0 aliphatic rings. The topological polar surface area (TPSA) is 139 Å². The first-order valence-corrected chi connectivity index (χ1v) is 10.8. The first-order valence-electron chi connectivity index (χ1n) is 8.45. The molecule has 158 valence electrons. The molecule has 0 aliphatic carbocycles. The summed E-state index contributed by atoms with van der Waals surface area (Å²) in [5.41, 5.74) is 1.59. The number of pyridine rings is 1. The number of hydrogen-bond acceptors (Lipinski definition) is 7. The molecule has 0 saturated carbocycles. The fourth-order valence-electron chi connectivity index (χ4n) is 2.36. The van der Waals surface area contributed by atoms with Gasteiger partial charge in [0.2, 0.25) is 0 Å². The van der Waals surface area contributed by atoms with Gasteiger partial charge >= 0.3 is 11.9 Å². The number of nitrogens with one attached hydrogen (secondary N) is 1. The summed E-state index contributed by atoms with van der Waals surface area (Å²) in [4.78, 5) is 24.1. The van der Waals surface area contributed by atoms with Crippen molar-refractivity contribution < 1.29 is 28.2 Å². The molecule has 0 aliphatic heterocycles. The zero-order valence-corrected chi connectivity index (χ0v) is 17.4. The third kappa shape index (κ3) is 6.11. The number of carboxylic acids is 2. The van der Waals surface area contributed by atoms with Gasteiger partial charge in [0, 0.05) is 37.3 Å². The predicted octanol–water partition coefficient (Wildman–Crippen LogP) is 2.28. The average Bonchev–Trinajstić information content (AvgIpc) is 3.38. The smallest absolute Gasteiger partial charge is 0.328 e. The number of aliphatic carboxylic acids is 2. The summed E-state index contributed by atoms with van der Waals surface area (Å²) in [7, 11) is -1.83. The van der Waals surface area contributed by atoms with Crippen molar-refractivity contribution in [2.45, 2.75) is 11.4 Å². The van der Waals surface area contributed by atoms with Gasteiger partial charge in [0.15, 0.2) is 0 Å². The van der Waals surface area contributed by atoms with Crippen molar-refractivity contribution in [3.8, 4) is 10.6 Å². The van der Waals surface area contributed by atoms with Crippen LogP contribution in [0.1, 0.15) is 5.56 Å². The van der Waals surface area contributed by atoms with Gasteiger partial charge < -0.3 is 15.5 Å². The number of nitrogens with zero attached hydrogens (tertiary/aromatic N) is 2. The van der Waals surface area contributed by atoms with E-state index in [1.54, 1.807) is 24.5 Å². The number of carbonyl (C=O) groups is 2. The molecular weight excluding hydrogens is 430 g/mol. The van der Waals surface area contributed by atoms with Crippen molar-refractivity contribution in [2.75, 3.05) is 7.05 Å². The lowest BCUT2D eigenvalue weighted by molar-refractivity contribution is -0.134. The molecule has 0 radical (unpaired) electrons. The van der Waals surface area contributed by atoms with Crippen LogP contribution < -0.4 is 5.32 Å². The Morgan fingerprint density at radius 1 is 1.20 bits per heavy atom. The maximum absolute atomic E-state index is 12.9. The zero-order valence-electron chi connectivity index (χ0n) is 15.8. The van der Waals surface area contributed by atoms with Crippen LogP contribution in [-0.4, -0.2) is 46.6 Å². The van der Waals surface area contributed by atoms with Gasteiger partial charge in [-0.15, -0.1) is 11.3 Å². The normalized spacial score (nSPS) is 11.1. The maximum atomic E-state index is 12.9. The van der Waals surface area contributed by atoms with Crippen LogP contribution in [0.4, 0.5) is 0 Å². The minimum Gasteiger partial charge on any atom is -0.478 e. The summed E-state index contributed by atoms with van der Waals surface area (Å²) in [6.45, 7) is 0.605. The molecule has 3 N–H and O–H groups in total. The van der Waals surface area contributed by atoms with Gasteiger partial charge in [0.05, 0.1) is 10.6 Å². The Kier molecular flexibility index (Phi) is 8.04. The highest BCUT2D eigenvalue weighted by Gasteiger charge is 2.22. The largest absolute Gasteiger partial charge is 0.478 e. The zero-order chi connectivity index (χ0) is 22.1. The van der Waals surface area contributed by atoms with E-state index < -0.39 is 22.0 Å². The van der Waals surface area contributed by atoms with E-state index in [1.165, 1.54) is 21.5 Å². The van der Waals surface area contributed by atoms with E-state index in [1.807, 2.05) is 30.6 Å². The number of carboxylic acid groups (broad SMARTS) is 2. The van der Waals surface area contributed by atoms with Crippen molar-refractivity contribution in [2.24, 2.45) is 0 Å². The Balaban J connectivity index is 0.000000343. The third-order valence-corrected chi connectivity index (χ3v) is 6.11. The number of aromatic nitrogens is 2. The van der Waals surface area contributed by atoms with Crippen LogP contribution >= 0.6 is 11.3 Å². The minimum absolute atomic E-state index is 0.180. The van der Waals surface area contributed by atoms with Crippen LogP contribution in [0.5, 0.6) is 0 Å². The Hall–Kier alpha value is -3.28. The van der Waals surface area contributed by atoms with E-state index in [-0.39, 0.29) is 4.90 Å². The monoisotopic (exact) mass is 449 g/mol. The van der Waals surface area contributed by atoms with Crippen LogP contribution in [0.15, 0.2) is 71.3 Å². The van der Waals surface area contributed by atoms with Gasteiger partial charge in [-0.2, -0.15) is 0 Å². The second kappa shape index (κ2) is 10.5. The molecule has 0 fully saturated rings. The SMILES string of the molecule is CNCc1cc(-c2cccs2)n(S(=O)(=O)c2cccnc2)c1.O=C(O)C=CC(=O)O. The summed E-state index contributed by atoms with van der Waals surface area (Å²) in [5.74, 6) is -2.51. The van der Waals surface area contributed by atoms with E-state index in [0.29, 0.717) is 24.4 Å². The molecule has 0 spiro atoms. The van der Waals surface area contributed by atoms with Crippen LogP contribution in [0, 0.1) is 0 Å². The first-order chi connectivity index (χ1) is 14.3. The summed E-state index contributed by atoms with van der Waals surface area (Å²) in [6, 6.07) is 8.90. The molecule has 0 atom stereocenters. The number of hydrogen-bond donors (Lipinski definition) is 3. The van der Waals surface area contributed by atoms with Crippen LogP contribution in [-0.2, 0) is 26.2 Å². The molecule has 3 rings (SSSR count). The molecule has 11 heteroatoms. The Labute approximate surface area is 177 Å². The Morgan fingerprint density at radius 3 is 2.40 bits per heavy atom. The molecule has 30 heavy (non-hydrogen) atoms. The molecule has 9 nitrogen and oxygen atoms in total. The van der Waals surface area contributed by atoms with Gasteiger partial charge in [0.25, 0.3) is 10.0 Å². The molecule has 3 aromatic heterocycles. The van der Waals surface area contributed by atoms with Gasteiger partial charge in [0.1, 0.15) is 4.90 Å². The van der Waals surface area contributed by atoms with E-state index in [9.17, 15) is 18.0 Å². The van der Waals surface area contributed by atoms with Crippen molar-refractivity contribution in [3.05, 3.63) is 72.0 Å². The summed E-state index contributed by atoms with van der Waals surface area (Å²) >= 11 is 1.51. The third-order valence-electron chi connectivity index (χ3n) is 3.56. The summed E-state index contributed by atoms with van der Waals surface area (Å²) in [6.07, 6.45) is 5.70. The van der Waals surface area contributed by atoms with E-state index in [0.717, 1.165) is 10.4 Å². The fourth-order valence-corrected chi connectivity index (χ4v) is 4.51. The first kappa shape index (κ1) is 23.0. The average molecular weight is 450 g/mol. The molecule has 3 heterocycles. The lowest BCUT2D eigenvalue weighted by Crippen LogP contribution is -2.13. The highest BCUT2D eigenvalue weighted by Crippen LogP contribution is 2.30. The number of thiophene rings is 1. The molecule has 0 bridgehead atoms. The van der Waals surface area contributed by atoms with E-state index >= 15 is 0 Å². The standard InChI is InChI=1S/C15H15N3O2S2.C4H4O4/c1-16-9-12-8-14(15-5-3-7-21-15)18(11-12)22(19,20)13-4-2-6-17-10-13;5-3(6)1-2-4(7)8/h2-8,10-11,16H,9H2,1H3;1-2H,(H,5,6)(H,7,8). The van der Waals surface area contributed by atoms with Crippen LogP contribution in [0.3, 0.4) is 0 Å².